The van der Waals surface area contributed by atoms with Gasteiger partial charge in [0.05, 0.1) is 30.4 Å². The Bertz CT molecular complexity index is 570. The highest BCUT2D eigenvalue weighted by molar-refractivity contribution is 5.98. The van der Waals surface area contributed by atoms with Crippen molar-refractivity contribution < 1.29 is 13.9 Å². The SMILES string of the molecule is N#Cc1ccc(C(=O)C2CC3COCC(C2)N3)c(F)c1. The van der Waals surface area contributed by atoms with Gasteiger partial charge in [0.1, 0.15) is 5.82 Å². The molecular formula is C15H15FN2O2. The van der Waals surface area contributed by atoms with Gasteiger partial charge >= 0.3 is 0 Å². The Hall–Kier alpha value is -1.77. The molecule has 104 valence electrons. The van der Waals surface area contributed by atoms with Crippen LogP contribution in [0.15, 0.2) is 18.2 Å². The van der Waals surface area contributed by atoms with Crippen molar-refractivity contribution in [2.45, 2.75) is 24.9 Å². The molecule has 0 aromatic heterocycles. The number of hydrogen-bond donors (Lipinski definition) is 1. The number of hydrogen-bond acceptors (Lipinski definition) is 4. The quantitative estimate of drug-likeness (QED) is 0.833. The van der Waals surface area contributed by atoms with Crippen molar-refractivity contribution >= 4 is 5.78 Å². The smallest absolute Gasteiger partial charge is 0.169 e. The van der Waals surface area contributed by atoms with E-state index in [1.807, 2.05) is 6.07 Å². The zero-order valence-electron chi connectivity index (χ0n) is 10.9. The third kappa shape index (κ3) is 2.45. The van der Waals surface area contributed by atoms with Crippen LogP contribution >= 0.6 is 0 Å². The molecule has 2 saturated heterocycles. The molecule has 4 nitrogen and oxygen atoms in total. The molecule has 2 unspecified atom stereocenters. The van der Waals surface area contributed by atoms with Crippen LogP contribution < -0.4 is 5.32 Å². The molecule has 2 aliphatic heterocycles. The molecule has 2 bridgehead atoms. The van der Waals surface area contributed by atoms with Crippen LogP contribution in [0.25, 0.3) is 0 Å². The number of ether oxygens (including phenoxy) is 1. The molecule has 0 amide bonds. The first-order valence-corrected chi connectivity index (χ1v) is 6.75. The maximum atomic E-state index is 13.9. The first-order chi connectivity index (χ1) is 9.67. The summed E-state index contributed by atoms with van der Waals surface area (Å²) >= 11 is 0. The van der Waals surface area contributed by atoms with Gasteiger partial charge in [0.15, 0.2) is 5.78 Å². The summed E-state index contributed by atoms with van der Waals surface area (Å²) in [6.07, 6.45) is 1.35. The lowest BCUT2D eigenvalue weighted by atomic mass is 9.82. The maximum absolute atomic E-state index is 13.9. The zero-order valence-corrected chi connectivity index (χ0v) is 10.9. The second-order valence-corrected chi connectivity index (χ2v) is 5.44. The normalized spacial score (nSPS) is 28.7. The van der Waals surface area contributed by atoms with Gasteiger partial charge in [-0.1, -0.05) is 0 Å². The number of Topliss-reactive ketones (excluding diaryl/α,β-unsaturated/α-hetero) is 1. The largest absolute Gasteiger partial charge is 0.378 e. The average molecular weight is 274 g/mol. The van der Waals surface area contributed by atoms with Crippen molar-refractivity contribution in [1.82, 2.24) is 5.32 Å². The molecule has 2 heterocycles. The number of halogens is 1. The molecule has 0 saturated carbocycles. The van der Waals surface area contributed by atoms with E-state index in [0.717, 1.165) is 6.07 Å². The number of rotatable bonds is 2. The standard InChI is InChI=1S/C15H15FN2O2/c16-14-3-9(6-17)1-2-13(14)15(19)10-4-11-7-20-8-12(5-10)18-11/h1-3,10-12,18H,4-5,7-8H2. The highest BCUT2D eigenvalue weighted by Crippen LogP contribution is 2.28. The average Bonchev–Trinajstić information content (AvgIpc) is 2.46. The van der Waals surface area contributed by atoms with E-state index in [2.05, 4.69) is 5.32 Å². The fraction of sp³-hybridized carbons (Fsp3) is 0.467. The Labute approximate surface area is 116 Å². The number of nitriles is 1. The van der Waals surface area contributed by atoms with E-state index in [1.165, 1.54) is 12.1 Å². The molecule has 2 atom stereocenters. The molecule has 0 spiro atoms. The Morgan fingerprint density at radius 2 is 2.05 bits per heavy atom. The van der Waals surface area contributed by atoms with E-state index >= 15 is 0 Å². The molecule has 0 radical (unpaired) electrons. The van der Waals surface area contributed by atoms with Crippen LogP contribution in [0.4, 0.5) is 4.39 Å². The van der Waals surface area contributed by atoms with Gasteiger partial charge in [-0.2, -0.15) is 5.26 Å². The highest BCUT2D eigenvalue weighted by Gasteiger charge is 2.36. The molecule has 1 aromatic rings. The van der Waals surface area contributed by atoms with Gasteiger partial charge in [-0.25, -0.2) is 4.39 Å². The molecule has 2 fully saturated rings. The fourth-order valence-corrected chi connectivity index (χ4v) is 3.06. The summed E-state index contributed by atoms with van der Waals surface area (Å²) in [5.74, 6) is -0.933. The van der Waals surface area contributed by atoms with Crippen LogP contribution in [0.1, 0.15) is 28.8 Å². The van der Waals surface area contributed by atoms with Crippen LogP contribution in [-0.4, -0.2) is 31.1 Å². The monoisotopic (exact) mass is 274 g/mol. The second kappa shape index (κ2) is 5.31. The third-order valence-electron chi connectivity index (χ3n) is 3.98. The van der Waals surface area contributed by atoms with Crippen LogP contribution in [0, 0.1) is 23.1 Å². The van der Waals surface area contributed by atoms with E-state index in [4.69, 9.17) is 10.00 Å². The van der Waals surface area contributed by atoms with Crippen molar-refractivity contribution in [3.63, 3.8) is 0 Å². The predicted molar refractivity (Wildman–Crippen MR) is 69.7 cm³/mol. The third-order valence-corrected chi connectivity index (χ3v) is 3.98. The molecule has 0 aliphatic carbocycles. The maximum Gasteiger partial charge on any atom is 0.169 e. The van der Waals surface area contributed by atoms with Gasteiger partial charge < -0.3 is 10.1 Å². The summed E-state index contributed by atoms with van der Waals surface area (Å²) < 4.78 is 19.4. The highest BCUT2D eigenvalue weighted by atomic mass is 19.1. The minimum absolute atomic E-state index is 0.0925. The van der Waals surface area contributed by atoms with Crippen molar-refractivity contribution in [2.75, 3.05) is 13.2 Å². The summed E-state index contributed by atoms with van der Waals surface area (Å²) in [7, 11) is 0. The molecule has 1 aromatic carbocycles. The van der Waals surface area contributed by atoms with E-state index in [0.29, 0.717) is 26.1 Å². The van der Waals surface area contributed by atoms with Gasteiger partial charge in [-0.05, 0) is 31.0 Å². The molecule has 20 heavy (non-hydrogen) atoms. The lowest BCUT2D eigenvalue weighted by molar-refractivity contribution is 0.00945. The van der Waals surface area contributed by atoms with E-state index in [9.17, 15) is 9.18 Å². The fourth-order valence-electron chi connectivity index (χ4n) is 3.06. The number of nitrogens with zero attached hydrogens (tertiary/aromatic N) is 1. The second-order valence-electron chi connectivity index (χ2n) is 5.44. The molecule has 5 heteroatoms. The summed E-state index contributed by atoms with van der Waals surface area (Å²) in [6.45, 7) is 1.21. The number of nitrogens with one attached hydrogen (secondary N) is 1. The Kier molecular flexibility index (Phi) is 3.51. The lowest BCUT2D eigenvalue weighted by Crippen LogP contribution is -2.55. The zero-order chi connectivity index (χ0) is 14.1. The predicted octanol–water partition coefficient (Wildman–Crippen LogP) is 1.65. The number of benzene rings is 1. The lowest BCUT2D eigenvalue weighted by Gasteiger charge is -2.39. The molecule has 1 N–H and O–H groups in total. The summed E-state index contributed by atoms with van der Waals surface area (Å²) in [6, 6.07) is 6.26. The Balaban J connectivity index is 1.80. The minimum atomic E-state index is -0.603. The van der Waals surface area contributed by atoms with Crippen LogP contribution in [0.5, 0.6) is 0 Å². The number of ketones is 1. The summed E-state index contributed by atoms with van der Waals surface area (Å²) in [5.41, 5.74) is 0.324. The Morgan fingerprint density at radius 1 is 1.35 bits per heavy atom. The van der Waals surface area contributed by atoms with Crippen molar-refractivity contribution in [1.29, 1.82) is 5.26 Å². The van der Waals surface area contributed by atoms with Crippen LogP contribution in [0.3, 0.4) is 0 Å². The Morgan fingerprint density at radius 3 is 2.65 bits per heavy atom. The molecular weight excluding hydrogens is 259 g/mol. The van der Waals surface area contributed by atoms with Crippen LogP contribution in [0.2, 0.25) is 0 Å². The van der Waals surface area contributed by atoms with Gasteiger partial charge in [0.25, 0.3) is 0 Å². The number of carbonyl (C=O) groups is 1. The molecule has 3 rings (SSSR count). The molecule has 2 aliphatic rings. The van der Waals surface area contributed by atoms with Gasteiger partial charge in [-0.15, -0.1) is 0 Å². The number of morpholine rings is 1. The number of carbonyl (C=O) groups excluding carboxylic acids is 1. The van der Waals surface area contributed by atoms with Crippen molar-refractivity contribution in [3.05, 3.63) is 35.1 Å². The van der Waals surface area contributed by atoms with Gasteiger partial charge in [0, 0.05) is 18.0 Å². The number of piperidine rings is 1. The van der Waals surface area contributed by atoms with E-state index < -0.39 is 5.82 Å². The topological polar surface area (TPSA) is 62.1 Å². The van der Waals surface area contributed by atoms with E-state index in [1.54, 1.807) is 0 Å². The summed E-state index contributed by atoms with van der Waals surface area (Å²) in [4.78, 5) is 12.5. The van der Waals surface area contributed by atoms with Crippen molar-refractivity contribution in [3.8, 4) is 6.07 Å². The summed E-state index contributed by atoms with van der Waals surface area (Å²) in [5, 5.41) is 12.1. The number of fused-ring (bicyclic) bond motifs is 2. The van der Waals surface area contributed by atoms with Crippen molar-refractivity contribution in [2.24, 2.45) is 5.92 Å². The van der Waals surface area contributed by atoms with Crippen LogP contribution in [-0.2, 0) is 4.74 Å². The van der Waals surface area contributed by atoms with Gasteiger partial charge in [-0.3, -0.25) is 4.79 Å². The first kappa shape index (κ1) is 13.2. The van der Waals surface area contributed by atoms with E-state index in [-0.39, 0.29) is 34.9 Å². The van der Waals surface area contributed by atoms with Gasteiger partial charge in [0.2, 0.25) is 0 Å². The first-order valence-electron chi connectivity index (χ1n) is 6.75. The minimum Gasteiger partial charge on any atom is -0.378 e.